The number of aliphatic hydroxyl groups is 1. The summed E-state index contributed by atoms with van der Waals surface area (Å²) in [5.74, 6) is 0.577. The molecule has 0 bridgehead atoms. The number of nitrogens with one attached hydrogen (secondary N) is 2. The van der Waals surface area contributed by atoms with Crippen LogP contribution in [0.4, 0.5) is 24.5 Å². The van der Waals surface area contributed by atoms with Crippen LogP contribution in [0, 0.1) is 0 Å². The number of amides is 1. The van der Waals surface area contributed by atoms with Gasteiger partial charge in [-0.15, -0.1) is 0 Å². The van der Waals surface area contributed by atoms with Crippen molar-refractivity contribution in [3.8, 4) is 0 Å². The number of esters is 1. The van der Waals surface area contributed by atoms with Crippen molar-refractivity contribution >= 4 is 45.9 Å². The Morgan fingerprint density at radius 1 is 1.05 bits per heavy atom. The number of hydrogen-bond acceptors (Lipinski definition) is 6. The number of hydrogen-bond donors (Lipinski definition) is 3. The van der Waals surface area contributed by atoms with Gasteiger partial charge in [0.1, 0.15) is 6.10 Å². The Hall–Kier alpha value is -3.96. The number of aliphatic hydroxyl groups excluding tert-OH is 1. The summed E-state index contributed by atoms with van der Waals surface area (Å²) in [4.78, 5) is 30.0. The van der Waals surface area contributed by atoms with E-state index < -0.39 is 17.8 Å². The van der Waals surface area contributed by atoms with E-state index in [1.54, 1.807) is 42.1 Å². The number of H-pyrrole nitrogens is 1. The van der Waals surface area contributed by atoms with Crippen molar-refractivity contribution in [2.45, 2.75) is 43.7 Å². The number of methoxy groups -OCH3 is 1. The number of piperidine rings is 1. The third-order valence-electron chi connectivity index (χ3n) is 7.70. The van der Waals surface area contributed by atoms with Gasteiger partial charge in [0.2, 0.25) is 0 Å². The van der Waals surface area contributed by atoms with Gasteiger partial charge in [-0.3, -0.25) is 9.59 Å². The lowest BCUT2D eigenvalue weighted by Crippen LogP contribution is -2.29. The number of halogens is 3. The number of alkyl halides is 3. The molecule has 3 N–H and O–H groups in total. The molecule has 5 rings (SSSR count). The van der Waals surface area contributed by atoms with Gasteiger partial charge in [-0.1, -0.05) is 18.2 Å². The second-order valence-electron chi connectivity index (χ2n) is 10.8. The van der Waals surface area contributed by atoms with Gasteiger partial charge in [-0.2, -0.15) is 24.9 Å². The van der Waals surface area contributed by atoms with E-state index in [2.05, 4.69) is 19.9 Å². The summed E-state index contributed by atoms with van der Waals surface area (Å²) in [7, 11) is 1.36. The zero-order chi connectivity index (χ0) is 31.3. The van der Waals surface area contributed by atoms with Crippen molar-refractivity contribution < 1.29 is 32.6 Å². The second kappa shape index (κ2) is 13.8. The SMILES string of the molecule is COC(=O)CCSCc1cccc(C(=O)Nc2ccc(N3CCCCC3)cc2C(O)c2cc3ccc(C(F)(F)F)cc3[nH]2)c1. The highest BCUT2D eigenvalue weighted by Gasteiger charge is 2.31. The van der Waals surface area contributed by atoms with Crippen molar-refractivity contribution in [2.75, 3.05) is 36.2 Å². The Morgan fingerprint density at radius 2 is 1.84 bits per heavy atom. The highest BCUT2D eigenvalue weighted by Crippen LogP contribution is 2.36. The molecule has 2 heterocycles. The van der Waals surface area contributed by atoms with Gasteiger partial charge in [0.25, 0.3) is 5.91 Å². The first-order valence-electron chi connectivity index (χ1n) is 14.4. The number of benzene rings is 3. The number of aromatic amines is 1. The molecule has 1 unspecified atom stereocenters. The van der Waals surface area contributed by atoms with Crippen molar-refractivity contribution in [1.82, 2.24) is 4.98 Å². The van der Waals surface area contributed by atoms with E-state index >= 15 is 0 Å². The Morgan fingerprint density at radius 3 is 2.59 bits per heavy atom. The lowest BCUT2D eigenvalue weighted by molar-refractivity contribution is -0.140. The van der Waals surface area contributed by atoms with Crippen LogP contribution in [-0.2, 0) is 21.5 Å². The first-order chi connectivity index (χ1) is 21.1. The number of thioether (sulfide) groups is 1. The van der Waals surface area contributed by atoms with E-state index in [1.165, 1.54) is 13.2 Å². The predicted octanol–water partition coefficient (Wildman–Crippen LogP) is 7.31. The predicted molar refractivity (Wildman–Crippen MR) is 167 cm³/mol. The Kier molecular flexibility index (Phi) is 9.85. The Labute approximate surface area is 257 Å². The van der Waals surface area contributed by atoms with Crippen LogP contribution >= 0.6 is 11.8 Å². The molecule has 0 aliphatic carbocycles. The first-order valence-corrected chi connectivity index (χ1v) is 15.6. The van der Waals surface area contributed by atoms with Gasteiger partial charge in [0.15, 0.2) is 0 Å². The average molecular weight is 626 g/mol. The van der Waals surface area contributed by atoms with Crippen molar-refractivity contribution in [3.05, 3.63) is 94.7 Å². The zero-order valence-electron chi connectivity index (χ0n) is 24.2. The maximum absolute atomic E-state index is 13.4. The third-order valence-corrected chi connectivity index (χ3v) is 8.73. The molecule has 3 aromatic carbocycles. The molecule has 0 spiro atoms. The van der Waals surface area contributed by atoms with Gasteiger partial charge in [0.05, 0.1) is 19.1 Å². The molecule has 232 valence electrons. The number of ether oxygens (including phenoxy) is 1. The summed E-state index contributed by atoms with van der Waals surface area (Å²) in [6.45, 7) is 1.75. The molecular formula is C33H34F3N3O4S. The normalized spacial score (nSPS) is 14.4. The largest absolute Gasteiger partial charge is 0.469 e. The smallest absolute Gasteiger partial charge is 0.416 e. The highest BCUT2D eigenvalue weighted by molar-refractivity contribution is 7.98. The number of nitrogens with zero attached hydrogens (tertiary/aromatic N) is 1. The number of anilines is 2. The molecule has 1 fully saturated rings. The second-order valence-corrected chi connectivity index (χ2v) is 11.9. The number of fused-ring (bicyclic) bond motifs is 1. The number of aromatic nitrogens is 1. The fourth-order valence-electron chi connectivity index (χ4n) is 5.32. The van der Waals surface area contributed by atoms with Crippen LogP contribution < -0.4 is 10.2 Å². The molecule has 1 aliphatic heterocycles. The Bertz CT molecular complexity index is 1630. The molecular weight excluding hydrogens is 591 g/mol. The van der Waals surface area contributed by atoms with Crippen LogP contribution in [0.1, 0.15) is 64.5 Å². The van der Waals surface area contributed by atoms with Gasteiger partial charge in [-0.25, -0.2) is 0 Å². The fourth-order valence-corrected chi connectivity index (χ4v) is 6.19. The third kappa shape index (κ3) is 7.57. The lowest BCUT2D eigenvalue weighted by atomic mass is 10.0. The monoisotopic (exact) mass is 625 g/mol. The molecule has 7 nitrogen and oxygen atoms in total. The molecule has 1 amide bonds. The first kappa shape index (κ1) is 31.5. The number of carbonyl (C=O) groups excluding carboxylic acids is 2. The minimum absolute atomic E-state index is 0.257. The molecule has 1 aromatic heterocycles. The van der Waals surface area contributed by atoms with E-state index in [0.717, 1.165) is 55.7 Å². The highest BCUT2D eigenvalue weighted by atomic mass is 32.2. The van der Waals surface area contributed by atoms with E-state index in [4.69, 9.17) is 0 Å². The maximum Gasteiger partial charge on any atom is 0.416 e. The fraction of sp³-hybridized carbons (Fsp3) is 0.333. The minimum atomic E-state index is -4.49. The summed E-state index contributed by atoms with van der Waals surface area (Å²) in [5.41, 5.74) is 2.88. The van der Waals surface area contributed by atoms with E-state index in [1.807, 2.05) is 18.2 Å². The number of rotatable bonds is 10. The molecule has 1 atom stereocenters. The lowest BCUT2D eigenvalue weighted by Gasteiger charge is -2.30. The average Bonchev–Trinajstić information content (AvgIpc) is 3.47. The van der Waals surface area contributed by atoms with Crippen molar-refractivity contribution in [2.24, 2.45) is 0 Å². The van der Waals surface area contributed by atoms with Gasteiger partial charge in [0, 0.05) is 58.3 Å². The zero-order valence-corrected chi connectivity index (χ0v) is 25.1. The van der Waals surface area contributed by atoms with Crippen LogP contribution in [0.15, 0.2) is 66.7 Å². The van der Waals surface area contributed by atoms with E-state index in [9.17, 15) is 27.9 Å². The molecule has 0 saturated carbocycles. The summed E-state index contributed by atoms with van der Waals surface area (Å²) in [6, 6.07) is 17.7. The molecule has 0 radical (unpaired) electrons. The standard InChI is InChI=1S/C33H34F3N3O4S/c1-43-30(40)12-15-44-20-21-6-5-7-23(16-21)32(42)38-27-11-10-25(39-13-3-2-4-14-39)19-26(27)31(41)29-17-22-8-9-24(33(34,35)36)18-28(22)37-29/h5-11,16-19,31,37,41H,2-4,12-15,20H2,1H3,(H,38,42). The molecule has 1 aliphatic rings. The quantitative estimate of drug-likeness (QED) is 0.126. The van der Waals surface area contributed by atoms with Crippen LogP contribution in [0.2, 0.25) is 0 Å². The van der Waals surface area contributed by atoms with Gasteiger partial charge in [-0.05, 0) is 78.7 Å². The summed E-state index contributed by atoms with van der Waals surface area (Å²) < 4.78 is 44.6. The molecule has 4 aromatic rings. The Balaban J connectivity index is 1.40. The summed E-state index contributed by atoms with van der Waals surface area (Å²) in [5, 5.41) is 15.0. The van der Waals surface area contributed by atoms with Crippen molar-refractivity contribution in [1.29, 1.82) is 0 Å². The van der Waals surface area contributed by atoms with Crippen LogP contribution in [0.3, 0.4) is 0 Å². The van der Waals surface area contributed by atoms with E-state index in [-0.39, 0.29) is 17.4 Å². The van der Waals surface area contributed by atoms with Gasteiger partial charge < -0.3 is 25.0 Å². The van der Waals surface area contributed by atoms with Crippen LogP contribution in [-0.4, -0.2) is 47.9 Å². The van der Waals surface area contributed by atoms with E-state index in [0.29, 0.717) is 45.8 Å². The number of carbonyl (C=O) groups is 2. The summed E-state index contributed by atoms with van der Waals surface area (Å²) in [6.07, 6.45) is -2.17. The van der Waals surface area contributed by atoms with Gasteiger partial charge >= 0.3 is 12.1 Å². The topological polar surface area (TPSA) is 94.7 Å². The molecule has 44 heavy (non-hydrogen) atoms. The van der Waals surface area contributed by atoms with Crippen molar-refractivity contribution in [3.63, 3.8) is 0 Å². The van der Waals surface area contributed by atoms with Crippen LogP contribution in [0.5, 0.6) is 0 Å². The molecule has 11 heteroatoms. The summed E-state index contributed by atoms with van der Waals surface area (Å²) >= 11 is 1.56. The van der Waals surface area contributed by atoms with Crippen LogP contribution in [0.25, 0.3) is 10.9 Å². The maximum atomic E-state index is 13.4. The molecule has 1 saturated heterocycles. The minimum Gasteiger partial charge on any atom is -0.469 e.